The molecule has 2 N–H and O–H groups in total. The van der Waals surface area contributed by atoms with Crippen LogP contribution in [0.5, 0.6) is 0 Å². The molecule has 3 amide bonds. The van der Waals surface area contributed by atoms with Crippen LogP contribution in [0, 0.1) is 0 Å². The van der Waals surface area contributed by atoms with E-state index in [0.29, 0.717) is 25.6 Å². The number of likely N-dealkylation sites (N-methyl/N-ethyl adjacent to an activating group) is 1. The Morgan fingerprint density at radius 3 is 2.68 bits per heavy atom. The van der Waals surface area contributed by atoms with Gasteiger partial charge in [-0.05, 0) is 25.5 Å². The van der Waals surface area contributed by atoms with E-state index in [2.05, 4.69) is 10.6 Å². The van der Waals surface area contributed by atoms with Crippen molar-refractivity contribution in [3.63, 3.8) is 0 Å². The molecule has 0 aromatic heterocycles. The third-order valence-electron chi connectivity index (χ3n) is 4.41. The molecule has 1 fully saturated rings. The van der Waals surface area contributed by atoms with Crippen LogP contribution in [0.4, 0.5) is 4.79 Å². The number of rotatable bonds is 6. The normalized spacial score (nSPS) is 16.7. The van der Waals surface area contributed by atoms with E-state index in [1.54, 1.807) is 11.9 Å². The molecule has 2 rings (SSSR count). The molecule has 140 valence electrons. The summed E-state index contributed by atoms with van der Waals surface area (Å²) in [6.45, 7) is 2.50. The van der Waals surface area contributed by atoms with Gasteiger partial charge in [-0.2, -0.15) is 0 Å². The Morgan fingerprint density at radius 2 is 2.00 bits per heavy atom. The number of nitrogens with zero attached hydrogens (tertiary/aromatic N) is 2. The Hall–Kier alpha value is -1.79. The summed E-state index contributed by atoms with van der Waals surface area (Å²) < 4.78 is 0. The van der Waals surface area contributed by atoms with Crippen molar-refractivity contribution in [3.8, 4) is 0 Å². The average molecular weight is 369 g/mol. The lowest BCUT2D eigenvalue weighted by Gasteiger charge is -2.32. The Labute approximate surface area is 156 Å². The minimum Gasteiger partial charge on any atom is -0.341 e. The predicted molar refractivity (Wildman–Crippen MR) is 102 cm³/mol. The number of urea groups is 1. The molecule has 0 saturated carbocycles. The number of nitrogens with one attached hydrogen (secondary N) is 2. The van der Waals surface area contributed by atoms with Crippen molar-refractivity contribution in [2.75, 3.05) is 33.7 Å². The quantitative estimate of drug-likeness (QED) is 0.805. The SMILES string of the molecule is CNC1CCCN(C(=O)CCNC(=O)N(C)Cc2ccccc2)C1.Cl. The summed E-state index contributed by atoms with van der Waals surface area (Å²) in [7, 11) is 3.69. The minimum absolute atomic E-state index is 0. The van der Waals surface area contributed by atoms with Crippen molar-refractivity contribution >= 4 is 24.3 Å². The van der Waals surface area contributed by atoms with Crippen molar-refractivity contribution < 1.29 is 9.59 Å². The fourth-order valence-corrected chi connectivity index (χ4v) is 2.94. The van der Waals surface area contributed by atoms with Gasteiger partial charge in [-0.1, -0.05) is 30.3 Å². The first-order chi connectivity index (χ1) is 11.6. The summed E-state index contributed by atoms with van der Waals surface area (Å²) in [4.78, 5) is 27.8. The Kier molecular flexibility index (Phi) is 9.31. The van der Waals surface area contributed by atoms with Gasteiger partial charge >= 0.3 is 6.03 Å². The van der Waals surface area contributed by atoms with Crippen LogP contribution in [0.1, 0.15) is 24.8 Å². The first-order valence-corrected chi connectivity index (χ1v) is 8.58. The van der Waals surface area contributed by atoms with E-state index in [-0.39, 0.29) is 24.3 Å². The molecular weight excluding hydrogens is 340 g/mol. The number of amides is 3. The lowest BCUT2D eigenvalue weighted by molar-refractivity contribution is -0.132. The molecular formula is C18H29ClN4O2. The maximum absolute atomic E-state index is 12.2. The molecule has 1 saturated heterocycles. The summed E-state index contributed by atoms with van der Waals surface area (Å²) in [6.07, 6.45) is 2.49. The van der Waals surface area contributed by atoms with Crippen LogP contribution in [-0.4, -0.2) is 61.5 Å². The van der Waals surface area contributed by atoms with Gasteiger partial charge < -0.3 is 20.4 Å². The van der Waals surface area contributed by atoms with Gasteiger partial charge in [-0.15, -0.1) is 12.4 Å². The van der Waals surface area contributed by atoms with Gasteiger partial charge in [0.05, 0.1) is 0 Å². The van der Waals surface area contributed by atoms with E-state index in [0.717, 1.165) is 31.5 Å². The molecule has 7 heteroatoms. The number of benzene rings is 1. The van der Waals surface area contributed by atoms with Gasteiger partial charge in [-0.25, -0.2) is 4.79 Å². The molecule has 0 bridgehead atoms. The molecule has 6 nitrogen and oxygen atoms in total. The second-order valence-corrected chi connectivity index (χ2v) is 6.29. The van der Waals surface area contributed by atoms with Gasteiger partial charge in [0.25, 0.3) is 0 Å². The summed E-state index contributed by atoms with van der Waals surface area (Å²) >= 11 is 0. The highest BCUT2D eigenvalue weighted by molar-refractivity contribution is 5.85. The van der Waals surface area contributed by atoms with Crippen molar-refractivity contribution in [1.29, 1.82) is 0 Å². The van der Waals surface area contributed by atoms with Gasteiger partial charge in [0, 0.05) is 45.7 Å². The smallest absolute Gasteiger partial charge is 0.317 e. The van der Waals surface area contributed by atoms with Crippen LogP contribution in [0.2, 0.25) is 0 Å². The van der Waals surface area contributed by atoms with E-state index >= 15 is 0 Å². The highest BCUT2D eigenvalue weighted by atomic mass is 35.5. The van der Waals surface area contributed by atoms with Gasteiger partial charge in [0.1, 0.15) is 0 Å². The van der Waals surface area contributed by atoms with E-state index < -0.39 is 0 Å². The fraction of sp³-hybridized carbons (Fsp3) is 0.556. The third-order valence-corrected chi connectivity index (χ3v) is 4.41. The number of hydrogen-bond donors (Lipinski definition) is 2. The van der Waals surface area contributed by atoms with Crippen molar-refractivity contribution in [1.82, 2.24) is 20.4 Å². The Bertz CT molecular complexity index is 541. The zero-order valence-corrected chi connectivity index (χ0v) is 15.8. The van der Waals surface area contributed by atoms with Crippen LogP contribution in [0.25, 0.3) is 0 Å². The molecule has 1 aliphatic rings. The van der Waals surface area contributed by atoms with E-state index in [1.807, 2.05) is 42.3 Å². The fourth-order valence-electron chi connectivity index (χ4n) is 2.94. The second-order valence-electron chi connectivity index (χ2n) is 6.29. The predicted octanol–water partition coefficient (Wildman–Crippen LogP) is 1.85. The zero-order chi connectivity index (χ0) is 17.4. The largest absolute Gasteiger partial charge is 0.341 e. The molecule has 0 aliphatic carbocycles. The first kappa shape index (κ1) is 21.3. The van der Waals surface area contributed by atoms with E-state index in [9.17, 15) is 9.59 Å². The van der Waals surface area contributed by atoms with Crippen molar-refractivity contribution in [2.24, 2.45) is 0 Å². The second kappa shape index (κ2) is 10.9. The standard InChI is InChI=1S/C18H28N4O2.ClH/c1-19-16-9-6-12-22(14-16)17(23)10-11-20-18(24)21(2)13-15-7-4-3-5-8-15;/h3-5,7-8,16,19H,6,9-14H2,1-2H3,(H,20,24);1H. The van der Waals surface area contributed by atoms with Gasteiger partial charge in [0.2, 0.25) is 5.91 Å². The first-order valence-electron chi connectivity index (χ1n) is 8.58. The van der Waals surface area contributed by atoms with Crippen molar-refractivity contribution in [2.45, 2.75) is 31.8 Å². The summed E-state index contributed by atoms with van der Waals surface area (Å²) in [5, 5.41) is 6.05. The molecule has 1 heterocycles. The third kappa shape index (κ3) is 6.92. The molecule has 1 unspecified atom stereocenters. The maximum atomic E-state index is 12.2. The monoisotopic (exact) mass is 368 g/mol. The average Bonchev–Trinajstić information content (AvgIpc) is 2.62. The number of likely N-dealkylation sites (tertiary alicyclic amines) is 1. The summed E-state index contributed by atoms with van der Waals surface area (Å²) in [5.41, 5.74) is 1.08. The van der Waals surface area contributed by atoms with Crippen LogP contribution in [0.15, 0.2) is 30.3 Å². The van der Waals surface area contributed by atoms with Gasteiger partial charge in [0.15, 0.2) is 0 Å². The van der Waals surface area contributed by atoms with Crippen LogP contribution >= 0.6 is 12.4 Å². The summed E-state index contributed by atoms with van der Waals surface area (Å²) in [5.74, 6) is 0.112. The molecule has 1 atom stereocenters. The number of hydrogen-bond acceptors (Lipinski definition) is 3. The molecule has 1 aromatic carbocycles. The number of carbonyl (C=O) groups is 2. The highest BCUT2D eigenvalue weighted by Crippen LogP contribution is 2.10. The minimum atomic E-state index is -0.154. The lowest BCUT2D eigenvalue weighted by atomic mass is 10.1. The zero-order valence-electron chi connectivity index (χ0n) is 15.0. The van der Waals surface area contributed by atoms with Crippen LogP contribution in [-0.2, 0) is 11.3 Å². The number of halogens is 1. The van der Waals surface area contributed by atoms with E-state index in [1.165, 1.54) is 0 Å². The van der Waals surface area contributed by atoms with Crippen LogP contribution in [0.3, 0.4) is 0 Å². The van der Waals surface area contributed by atoms with Crippen molar-refractivity contribution in [3.05, 3.63) is 35.9 Å². The molecule has 0 radical (unpaired) electrons. The topological polar surface area (TPSA) is 64.7 Å². The lowest BCUT2D eigenvalue weighted by Crippen LogP contribution is -2.47. The molecule has 1 aromatic rings. The molecule has 25 heavy (non-hydrogen) atoms. The van der Waals surface area contributed by atoms with E-state index in [4.69, 9.17) is 0 Å². The molecule has 1 aliphatic heterocycles. The Balaban J connectivity index is 0.00000312. The summed E-state index contributed by atoms with van der Waals surface area (Å²) in [6, 6.07) is 10.1. The van der Waals surface area contributed by atoms with Gasteiger partial charge in [-0.3, -0.25) is 4.79 Å². The Morgan fingerprint density at radius 1 is 1.28 bits per heavy atom. The van der Waals surface area contributed by atoms with Crippen LogP contribution < -0.4 is 10.6 Å². The molecule has 0 spiro atoms. The number of carbonyl (C=O) groups excluding carboxylic acids is 2. The maximum Gasteiger partial charge on any atom is 0.317 e. The number of piperidine rings is 1. The highest BCUT2D eigenvalue weighted by Gasteiger charge is 2.22.